The van der Waals surface area contributed by atoms with Gasteiger partial charge in [0.15, 0.2) is 0 Å². The van der Waals surface area contributed by atoms with Gasteiger partial charge in [0.1, 0.15) is 0 Å². The van der Waals surface area contributed by atoms with Crippen molar-refractivity contribution < 1.29 is 4.79 Å². The number of hydrogen-bond acceptors (Lipinski definition) is 2. The zero-order valence-corrected chi connectivity index (χ0v) is 9.96. The minimum Gasteiger partial charge on any atom is -0.385 e. The minimum absolute atomic E-state index is 0.163. The molecule has 2 aliphatic rings. The number of amides is 1. The molecule has 2 N–H and O–H groups in total. The molecule has 1 aliphatic carbocycles. The summed E-state index contributed by atoms with van der Waals surface area (Å²) in [7, 11) is 0. The fraction of sp³-hybridized carbons (Fsp3) is 0.500. The molecule has 1 fully saturated rings. The van der Waals surface area contributed by atoms with Gasteiger partial charge in [-0.2, -0.15) is 0 Å². The van der Waals surface area contributed by atoms with Crippen molar-refractivity contribution in [2.75, 3.05) is 17.2 Å². The lowest BCUT2D eigenvalue weighted by Gasteiger charge is -2.18. The van der Waals surface area contributed by atoms with Crippen molar-refractivity contribution in [3.8, 4) is 0 Å². The largest absolute Gasteiger partial charge is 0.385 e. The summed E-state index contributed by atoms with van der Waals surface area (Å²) in [6.07, 6.45) is 5.42. The maximum Gasteiger partial charge on any atom is 0.224 e. The molecule has 0 saturated heterocycles. The van der Waals surface area contributed by atoms with Gasteiger partial charge in [0.2, 0.25) is 5.91 Å². The molecule has 3 rings (SSSR count). The molecule has 1 aromatic rings. The molecule has 1 aliphatic heterocycles. The van der Waals surface area contributed by atoms with Gasteiger partial charge < -0.3 is 10.6 Å². The van der Waals surface area contributed by atoms with Crippen LogP contribution in [0.4, 0.5) is 11.4 Å². The Labute approximate surface area is 102 Å². The lowest BCUT2D eigenvalue weighted by molar-refractivity contribution is -0.116. The fourth-order valence-electron chi connectivity index (χ4n) is 2.35. The van der Waals surface area contributed by atoms with E-state index >= 15 is 0 Å². The van der Waals surface area contributed by atoms with Gasteiger partial charge in [-0.1, -0.05) is 0 Å². The van der Waals surface area contributed by atoms with Crippen LogP contribution >= 0.6 is 0 Å². The first-order valence-corrected chi connectivity index (χ1v) is 6.48. The van der Waals surface area contributed by atoms with Crippen LogP contribution in [0.1, 0.15) is 31.2 Å². The molecule has 0 aromatic heterocycles. The zero-order valence-electron chi connectivity index (χ0n) is 9.96. The number of carbonyl (C=O) groups excluding carboxylic acids is 1. The number of fused-ring (bicyclic) bond motifs is 1. The van der Waals surface area contributed by atoms with Crippen molar-refractivity contribution in [2.24, 2.45) is 5.92 Å². The molecule has 0 atom stereocenters. The Hall–Kier alpha value is -1.51. The number of carbonyl (C=O) groups is 1. The van der Waals surface area contributed by atoms with Crippen LogP contribution in [0.3, 0.4) is 0 Å². The summed E-state index contributed by atoms with van der Waals surface area (Å²) in [5.41, 5.74) is 3.48. The lowest BCUT2D eigenvalue weighted by Crippen LogP contribution is -2.14. The second-order valence-electron chi connectivity index (χ2n) is 5.10. The van der Waals surface area contributed by atoms with E-state index in [9.17, 15) is 4.79 Å². The van der Waals surface area contributed by atoms with E-state index in [4.69, 9.17) is 0 Å². The summed E-state index contributed by atoms with van der Waals surface area (Å²) in [6, 6.07) is 6.16. The number of nitrogens with one attached hydrogen (secondary N) is 2. The van der Waals surface area contributed by atoms with Crippen LogP contribution in [0.5, 0.6) is 0 Å². The topological polar surface area (TPSA) is 41.1 Å². The fourth-order valence-corrected chi connectivity index (χ4v) is 2.35. The monoisotopic (exact) mass is 230 g/mol. The van der Waals surface area contributed by atoms with Gasteiger partial charge in [0.25, 0.3) is 0 Å². The van der Waals surface area contributed by atoms with Crippen molar-refractivity contribution in [3.05, 3.63) is 23.8 Å². The van der Waals surface area contributed by atoms with Crippen LogP contribution in [0.25, 0.3) is 0 Å². The molecular formula is C14H18N2O. The molecule has 0 unspecified atom stereocenters. The zero-order chi connectivity index (χ0) is 11.7. The smallest absolute Gasteiger partial charge is 0.224 e. The van der Waals surface area contributed by atoms with Crippen LogP contribution in [0, 0.1) is 5.92 Å². The van der Waals surface area contributed by atoms with E-state index in [2.05, 4.69) is 22.8 Å². The predicted octanol–water partition coefficient (Wildman–Crippen LogP) is 2.78. The molecular weight excluding hydrogens is 212 g/mol. The highest BCUT2D eigenvalue weighted by molar-refractivity contribution is 5.91. The van der Waals surface area contributed by atoms with E-state index < -0.39 is 0 Å². The normalized spacial score (nSPS) is 18.1. The Bertz CT molecular complexity index is 438. The molecule has 0 bridgehead atoms. The highest BCUT2D eigenvalue weighted by atomic mass is 16.1. The van der Waals surface area contributed by atoms with Crippen LogP contribution in [0.15, 0.2) is 18.2 Å². The van der Waals surface area contributed by atoms with Crippen LogP contribution < -0.4 is 10.6 Å². The second kappa shape index (κ2) is 4.40. The van der Waals surface area contributed by atoms with Gasteiger partial charge >= 0.3 is 0 Å². The van der Waals surface area contributed by atoms with E-state index in [-0.39, 0.29) is 5.91 Å². The molecule has 1 heterocycles. The van der Waals surface area contributed by atoms with Gasteiger partial charge in [-0.25, -0.2) is 0 Å². The van der Waals surface area contributed by atoms with E-state index in [1.807, 2.05) is 6.07 Å². The minimum atomic E-state index is 0.163. The SMILES string of the molecule is O=C(CC1CC1)Nc1ccc2c(c1)CCCN2. The Morgan fingerprint density at radius 1 is 1.41 bits per heavy atom. The van der Waals surface area contributed by atoms with Crippen LogP contribution in [-0.2, 0) is 11.2 Å². The third kappa shape index (κ3) is 2.60. The van der Waals surface area contributed by atoms with Gasteiger partial charge in [-0.3, -0.25) is 4.79 Å². The number of aryl methyl sites for hydroxylation is 1. The predicted molar refractivity (Wildman–Crippen MR) is 69.2 cm³/mol. The molecule has 90 valence electrons. The Morgan fingerprint density at radius 2 is 2.29 bits per heavy atom. The first-order chi connectivity index (χ1) is 8.31. The average Bonchev–Trinajstić information content (AvgIpc) is 3.12. The van der Waals surface area contributed by atoms with Crippen LogP contribution in [-0.4, -0.2) is 12.5 Å². The maximum absolute atomic E-state index is 11.7. The molecule has 17 heavy (non-hydrogen) atoms. The highest BCUT2D eigenvalue weighted by Gasteiger charge is 2.24. The second-order valence-corrected chi connectivity index (χ2v) is 5.10. The molecule has 0 spiro atoms. The summed E-state index contributed by atoms with van der Waals surface area (Å²) < 4.78 is 0. The average molecular weight is 230 g/mol. The number of anilines is 2. The van der Waals surface area contributed by atoms with Gasteiger partial charge in [0.05, 0.1) is 0 Å². The van der Waals surface area contributed by atoms with Crippen molar-refractivity contribution in [3.63, 3.8) is 0 Å². The van der Waals surface area contributed by atoms with E-state index in [0.29, 0.717) is 12.3 Å². The van der Waals surface area contributed by atoms with Crippen molar-refractivity contribution in [1.29, 1.82) is 0 Å². The third-order valence-corrected chi connectivity index (χ3v) is 3.50. The molecule has 1 aromatic carbocycles. The van der Waals surface area contributed by atoms with E-state index in [0.717, 1.165) is 18.7 Å². The number of rotatable bonds is 3. The van der Waals surface area contributed by atoms with Gasteiger partial charge in [-0.05, 0) is 55.4 Å². The Balaban J connectivity index is 1.67. The lowest BCUT2D eigenvalue weighted by atomic mass is 10.0. The third-order valence-electron chi connectivity index (χ3n) is 3.50. The Kier molecular flexibility index (Phi) is 2.75. The van der Waals surface area contributed by atoms with Crippen molar-refractivity contribution >= 4 is 17.3 Å². The standard InChI is InChI=1S/C14H18N2O/c17-14(8-10-3-4-10)16-12-5-6-13-11(9-12)2-1-7-15-13/h5-6,9-10,15H,1-4,7-8H2,(H,16,17). The Morgan fingerprint density at radius 3 is 3.12 bits per heavy atom. The maximum atomic E-state index is 11.7. The van der Waals surface area contributed by atoms with Gasteiger partial charge in [0, 0.05) is 24.3 Å². The summed E-state index contributed by atoms with van der Waals surface area (Å²) in [6.45, 7) is 1.06. The first kappa shape index (κ1) is 10.6. The van der Waals surface area contributed by atoms with E-state index in [1.54, 1.807) is 0 Å². The molecule has 1 amide bonds. The molecule has 3 nitrogen and oxygen atoms in total. The number of benzene rings is 1. The first-order valence-electron chi connectivity index (χ1n) is 6.48. The van der Waals surface area contributed by atoms with Crippen molar-refractivity contribution in [2.45, 2.75) is 32.1 Å². The quantitative estimate of drug-likeness (QED) is 0.838. The number of hydrogen-bond donors (Lipinski definition) is 2. The van der Waals surface area contributed by atoms with Gasteiger partial charge in [-0.15, -0.1) is 0 Å². The summed E-state index contributed by atoms with van der Waals surface area (Å²) in [5.74, 6) is 0.811. The van der Waals surface area contributed by atoms with E-state index in [1.165, 1.54) is 30.5 Å². The summed E-state index contributed by atoms with van der Waals surface area (Å²) >= 11 is 0. The summed E-state index contributed by atoms with van der Waals surface area (Å²) in [5, 5.41) is 6.37. The van der Waals surface area contributed by atoms with Crippen molar-refractivity contribution in [1.82, 2.24) is 0 Å². The summed E-state index contributed by atoms with van der Waals surface area (Å²) in [4.78, 5) is 11.7. The van der Waals surface area contributed by atoms with Crippen LogP contribution in [0.2, 0.25) is 0 Å². The molecule has 0 radical (unpaired) electrons. The highest BCUT2D eigenvalue weighted by Crippen LogP contribution is 2.32. The molecule has 1 saturated carbocycles. The molecule has 3 heteroatoms.